The Morgan fingerprint density at radius 3 is 2.62 bits per heavy atom. The number of rotatable bonds is 6. The minimum atomic E-state index is -0.267. The lowest BCUT2D eigenvalue weighted by molar-refractivity contribution is 0.0602. The van der Waals surface area contributed by atoms with Gasteiger partial charge in [0, 0.05) is 61.2 Å². The number of fused-ring (bicyclic) bond motifs is 1. The molecule has 29 heavy (non-hydrogen) atoms. The number of halogens is 1. The summed E-state index contributed by atoms with van der Waals surface area (Å²) in [7, 11) is 1.44. The van der Waals surface area contributed by atoms with Gasteiger partial charge in [0.15, 0.2) is 0 Å². The van der Waals surface area contributed by atoms with Crippen molar-refractivity contribution in [3.63, 3.8) is 0 Å². The minimum absolute atomic E-state index is 0.267. The van der Waals surface area contributed by atoms with Gasteiger partial charge in [0.05, 0.1) is 12.7 Å². The van der Waals surface area contributed by atoms with E-state index in [2.05, 4.69) is 20.4 Å². The van der Waals surface area contributed by atoms with Gasteiger partial charge >= 0.3 is 5.97 Å². The first-order valence-corrected chi connectivity index (χ1v) is 11.4. The maximum Gasteiger partial charge on any atom is 0.340 e. The molecule has 1 aliphatic carbocycles. The van der Waals surface area contributed by atoms with Crippen LogP contribution in [0.2, 0.25) is 0 Å². The van der Waals surface area contributed by atoms with Crippen molar-refractivity contribution in [3.05, 3.63) is 36.0 Å². The number of para-hydroxylation sites is 1. The van der Waals surface area contributed by atoms with Crippen molar-refractivity contribution < 1.29 is 9.53 Å². The van der Waals surface area contributed by atoms with Crippen molar-refractivity contribution in [2.24, 2.45) is 0 Å². The summed E-state index contributed by atoms with van der Waals surface area (Å²) >= 11 is 6.60. The molecule has 2 heterocycles. The fourth-order valence-corrected chi connectivity index (χ4v) is 5.40. The molecule has 0 amide bonds. The monoisotopic (exact) mass is 417 g/mol. The predicted molar refractivity (Wildman–Crippen MR) is 118 cm³/mol. The number of piperazine rings is 1. The summed E-state index contributed by atoms with van der Waals surface area (Å²) < 4.78 is 7.14. The number of hydrogen-bond acceptors (Lipinski definition) is 4. The predicted octanol–water partition coefficient (Wildman–Crippen LogP) is 3.99. The number of carbonyl (C=O) groups excluding carboxylic acids is 1. The Labute approximate surface area is 178 Å². The molecule has 1 unspecified atom stereocenters. The van der Waals surface area contributed by atoms with Crippen LogP contribution in [-0.2, 0) is 11.3 Å². The lowest BCUT2D eigenvalue weighted by Crippen LogP contribution is -2.53. The van der Waals surface area contributed by atoms with Gasteiger partial charge in [-0.2, -0.15) is 0 Å². The lowest BCUT2D eigenvalue weighted by atomic mass is 9.93. The fourth-order valence-electron chi connectivity index (χ4n) is 4.97. The van der Waals surface area contributed by atoms with E-state index >= 15 is 0 Å². The van der Waals surface area contributed by atoms with Gasteiger partial charge in [0.2, 0.25) is 0 Å². The van der Waals surface area contributed by atoms with Crippen LogP contribution in [0.3, 0.4) is 0 Å². The molecule has 2 aromatic rings. The molecule has 0 radical (unpaired) electrons. The van der Waals surface area contributed by atoms with E-state index in [1.165, 1.54) is 32.8 Å². The van der Waals surface area contributed by atoms with Gasteiger partial charge in [-0.1, -0.05) is 31.0 Å². The number of aromatic nitrogens is 1. The van der Waals surface area contributed by atoms with Crippen LogP contribution in [-0.4, -0.2) is 71.6 Å². The molecule has 2 atom stereocenters. The molecule has 1 saturated heterocycles. The quantitative estimate of drug-likeness (QED) is 0.526. The highest BCUT2D eigenvalue weighted by molar-refractivity contribution is 6.21. The lowest BCUT2D eigenvalue weighted by Gasteiger charge is -2.42. The number of aryl methyl sites for hydroxylation is 1. The smallest absolute Gasteiger partial charge is 0.340 e. The highest BCUT2D eigenvalue weighted by Crippen LogP contribution is 2.28. The molecule has 6 heteroatoms. The van der Waals surface area contributed by atoms with Crippen LogP contribution in [0.25, 0.3) is 10.9 Å². The van der Waals surface area contributed by atoms with Crippen LogP contribution in [0.5, 0.6) is 0 Å². The summed E-state index contributed by atoms with van der Waals surface area (Å²) in [6.07, 6.45) is 8.06. The maximum atomic E-state index is 12.1. The van der Waals surface area contributed by atoms with Crippen LogP contribution in [0, 0.1) is 0 Å². The third-order valence-corrected chi connectivity index (χ3v) is 7.10. The van der Waals surface area contributed by atoms with Gasteiger partial charge in [-0.15, -0.1) is 11.6 Å². The van der Waals surface area contributed by atoms with Gasteiger partial charge in [0.1, 0.15) is 0 Å². The standard InChI is InChI=1S/C23H32ClN3O2/c1-29-23(28)19-17-27(21-9-4-2-7-18(19)21)12-6-11-25-13-15-26(16-14-25)22-10-5-3-8-20(22)24/h2,4,7,9,17,20,22H,3,5-6,8,10-16H2,1H3/t20?,22-/m1/s1. The number of methoxy groups -OCH3 is 1. The molecule has 0 spiro atoms. The molecule has 1 aromatic carbocycles. The van der Waals surface area contributed by atoms with Gasteiger partial charge in [-0.05, 0) is 31.9 Å². The average molecular weight is 418 g/mol. The number of hydrogen-bond donors (Lipinski definition) is 0. The number of alkyl halides is 1. The van der Waals surface area contributed by atoms with Gasteiger partial charge in [-0.25, -0.2) is 4.79 Å². The Kier molecular flexibility index (Phi) is 6.78. The first kappa shape index (κ1) is 20.7. The van der Waals surface area contributed by atoms with E-state index in [1.807, 2.05) is 24.4 Å². The van der Waals surface area contributed by atoms with Crippen molar-refractivity contribution in [3.8, 4) is 0 Å². The van der Waals surface area contributed by atoms with E-state index < -0.39 is 0 Å². The molecule has 2 aliphatic rings. The zero-order chi connectivity index (χ0) is 20.2. The minimum Gasteiger partial charge on any atom is -0.465 e. The second kappa shape index (κ2) is 9.50. The van der Waals surface area contributed by atoms with Crippen molar-refractivity contribution in [1.29, 1.82) is 0 Å². The van der Waals surface area contributed by atoms with Crippen molar-refractivity contribution >= 4 is 28.5 Å². The number of carbonyl (C=O) groups is 1. The van der Waals surface area contributed by atoms with Gasteiger partial charge in [-0.3, -0.25) is 4.90 Å². The molecule has 2 fully saturated rings. The highest BCUT2D eigenvalue weighted by Gasteiger charge is 2.30. The summed E-state index contributed by atoms with van der Waals surface area (Å²) in [6.45, 7) is 6.51. The molecule has 158 valence electrons. The largest absolute Gasteiger partial charge is 0.465 e. The SMILES string of the molecule is COC(=O)c1cn(CCCN2CCN([C@@H]3CCCCC3Cl)CC2)c2ccccc12. The van der Waals surface area contributed by atoms with Crippen molar-refractivity contribution in [2.45, 2.75) is 50.1 Å². The van der Waals surface area contributed by atoms with Crippen molar-refractivity contribution in [1.82, 2.24) is 14.4 Å². The molecule has 4 rings (SSSR count). The molecule has 0 N–H and O–H groups in total. The summed E-state index contributed by atoms with van der Waals surface area (Å²) in [5.41, 5.74) is 1.75. The summed E-state index contributed by atoms with van der Waals surface area (Å²) in [4.78, 5) is 17.3. The molecule has 5 nitrogen and oxygen atoms in total. The number of benzene rings is 1. The number of esters is 1. The van der Waals surface area contributed by atoms with Gasteiger partial charge < -0.3 is 14.2 Å². The van der Waals surface area contributed by atoms with Crippen LogP contribution < -0.4 is 0 Å². The van der Waals surface area contributed by atoms with Gasteiger partial charge in [0.25, 0.3) is 0 Å². The van der Waals surface area contributed by atoms with E-state index in [1.54, 1.807) is 0 Å². The second-order valence-corrected chi connectivity index (χ2v) is 8.90. The molecular weight excluding hydrogens is 386 g/mol. The molecule has 1 aliphatic heterocycles. The maximum absolute atomic E-state index is 12.1. The third-order valence-electron chi connectivity index (χ3n) is 6.59. The Hall–Kier alpha value is -1.56. The highest BCUT2D eigenvalue weighted by atomic mass is 35.5. The van der Waals surface area contributed by atoms with E-state index in [0.29, 0.717) is 17.0 Å². The first-order valence-electron chi connectivity index (χ1n) is 10.9. The van der Waals surface area contributed by atoms with E-state index in [-0.39, 0.29) is 5.97 Å². The summed E-state index contributed by atoms with van der Waals surface area (Å²) in [6, 6.07) is 8.64. The van der Waals surface area contributed by atoms with E-state index in [0.717, 1.165) is 56.6 Å². The Balaban J connectivity index is 1.30. The fraction of sp³-hybridized carbons (Fsp3) is 0.609. The van der Waals surface area contributed by atoms with Crippen LogP contribution >= 0.6 is 11.6 Å². The number of ether oxygens (including phenoxy) is 1. The topological polar surface area (TPSA) is 37.7 Å². The summed E-state index contributed by atoms with van der Waals surface area (Å²) in [5, 5.41) is 1.30. The van der Waals surface area contributed by atoms with Crippen molar-refractivity contribution in [2.75, 3.05) is 39.8 Å². The Morgan fingerprint density at radius 1 is 1.10 bits per heavy atom. The normalized spacial score (nSPS) is 24.1. The third kappa shape index (κ3) is 4.62. The zero-order valence-electron chi connectivity index (χ0n) is 17.4. The number of nitrogens with zero attached hydrogens (tertiary/aromatic N) is 3. The van der Waals surface area contributed by atoms with Crippen LogP contribution in [0.15, 0.2) is 30.5 Å². The molecule has 1 aromatic heterocycles. The summed E-state index contributed by atoms with van der Waals surface area (Å²) in [5.74, 6) is -0.267. The Morgan fingerprint density at radius 2 is 1.86 bits per heavy atom. The second-order valence-electron chi connectivity index (χ2n) is 8.34. The average Bonchev–Trinajstić information content (AvgIpc) is 3.13. The van der Waals surface area contributed by atoms with E-state index in [9.17, 15) is 4.79 Å². The van der Waals surface area contributed by atoms with E-state index in [4.69, 9.17) is 16.3 Å². The molecule has 0 bridgehead atoms. The Bertz CT molecular complexity index is 829. The van der Waals surface area contributed by atoms with Crippen LogP contribution in [0.4, 0.5) is 0 Å². The zero-order valence-corrected chi connectivity index (χ0v) is 18.1. The molecular formula is C23H32ClN3O2. The van der Waals surface area contributed by atoms with Crippen LogP contribution in [0.1, 0.15) is 42.5 Å². The molecule has 1 saturated carbocycles. The first-order chi connectivity index (χ1) is 14.2.